The summed E-state index contributed by atoms with van der Waals surface area (Å²) in [5.74, 6) is 0. The van der Waals surface area contributed by atoms with Crippen LogP contribution in [0.4, 0.5) is 0 Å². The van der Waals surface area contributed by atoms with Crippen molar-refractivity contribution in [2.24, 2.45) is 0 Å². The molecule has 0 unspecified atom stereocenters. The van der Waals surface area contributed by atoms with Gasteiger partial charge >= 0.3 is 59.1 Å². The maximum absolute atomic E-state index is 10.2. The molecule has 0 radical (unpaired) electrons. The first-order chi connectivity index (χ1) is 22.1. The van der Waals surface area contributed by atoms with Gasteiger partial charge in [-0.3, -0.25) is 8.42 Å². The Labute approximate surface area is 335 Å². The van der Waals surface area contributed by atoms with E-state index in [9.17, 15) is 20.4 Å². The number of rotatable bonds is 34. The number of hydrogen-bond acceptors (Lipinski definition) is 13. The van der Waals surface area contributed by atoms with Crippen LogP contribution in [-0.2, 0) is 24.6 Å². The second kappa shape index (κ2) is 42.9. The third-order valence-corrected chi connectivity index (χ3v) is 7.54. The van der Waals surface area contributed by atoms with Gasteiger partial charge in [0.15, 0.2) is 0 Å². The fourth-order valence-electron chi connectivity index (χ4n) is 4.80. The average Bonchev–Trinajstić information content (AvgIpc) is 3.02. The van der Waals surface area contributed by atoms with Crippen LogP contribution in [0.25, 0.3) is 0 Å². The molecule has 0 saturated carbocycles. The summed E-state index contributed by atoms with van der Waals surface area (Å²) in [6.07, 6.45) is 18.6. The molecule has 0 aliphatic carbocycles. The predicted octanol–water partition coefficient (Wildman–Crippen LogP) is -3.06. The minimum atomic E-state index is -5.17. The molecule has 13 nitrogen and oxygen atoms in total. The summed E-state index contributed by atoms with van der Waals surface area (Å²) in [5.41, 5.74) is 0. The van der Waals surface area contributed by atoms with Crippen molar-refractivity contribution in [2.75, 3.05) is 52.9 Å². The number of ether oxygens (including phenoxy) is 3. The molecule has 0 rings (SSSR count). The first kappa shape index (κ1) is 56.3. The molecule has 0 fully saturated rings. The molecule has 0 saturated heterocycles. The molecular weight excluding hydrogens is 670 g/mol. The van der Waals surface area contributed by atoms with Crippen molar-refractivity contribution < 1.29 is 121 Å². The Hall–Kier alpha value is 1.51. The summed E-state index contributed by atoms with van der Waals surface area (Å²) in [6, 6.07) is 0. The maximum Gasteiger partial charge on any atom is 1.00 e. The molecule has 0 aliphatic heterocycles. The minimum Gasteiger partial charge on any atom is -0.759 e. The van der Waals surface area contributed by atoms with Gasteiger partial charge in [-0.2, -0.15) is 0 Å². The molecule has 16 heteroatoms. The number of aliphatic hydroxyl groups is 6. The van der Waals surface area contributed by atoms with Crippen LogP contribution >= 0.6 is 0 Å². The molecule has 48 heavy (non-hydrogen) atoms. The van der Waals surface area contributed by atoms with Crippen molar-refractivity contribution in [3.05, 3.63) is 0 Å². The average molecular weight is 737 g/mol. The van der Waals surface area contributed by atoms with E-state index in [-0.39, 0.29) is 72.3 Å². The van der Waals surface area contributed by atoms with Crippen molar-refractivity contribution in [2.45, 2.75) is 153 Å². The van der Waals surface area contributed by atoms with Gasteiger partial charge in [0.25, 0.3) is 0 Å². The zero-order valence-corrected chi connectivity index (χ0v) is 34.9. The Morgan fingerprint density at radius 1 is 0.458 bits per heavy atom. The van der Waals surface area contributed by atoms with E-state index >= 15 is 0 Å². The van der Waals surface area contributed by atoms with E-state index in [0.717, 1.165) is 64.2 Å². The van der Waals surface area contributed by atoms with Crippen molar-refractivity contribution >= 4 is 10.4 Å². The second-order valence-electron chi connectivity index (χ2n) is 11.8. The summed E-state index contributed by atoms with van der Waals surface area (Å²) in [4.78, 5) is 0. The standard InChI is InChI=1S/C32H66O9.2Na.H2O4S/c33-21-17-13-9-5-1-3-7-11-15-19-23-39-27-31(29(37)25-35)41-32(30(38)26-36)28-40-24-20-16-12-8-4-2-6-10-14-18-22-34;;;1-5(2,3)4/h29-38H,1-28H2;;;(H2,1,2,3,4)/q;2*+1;/p-2/t29-,30-,31+,32+;;;/m1.../s1. The van der Waals surface area contributed by atoms with Crippen LogP contribution in [0.2, 0.25) is 0 Å². The van der Waals surface area contributed by atoms with Crippen LogP contribution < -0.4 is 59.1 Å². The largest absolute Gasteiger partial charge is 1.00 e. The molecular formula is C32H66Na2O13S. The van der Waals surface area contributed by atoms with Crippen LogP contribution in [0.1, 0.15) is 128 Å². The molecule has 0 aromatic heterocycles. The summed E-state index contributed by atoms with van der Waals surface area (Å²) in [5, 5.41) is 57.0. The summed E-state index contributed by atoms with van der Waals surface area (Å²) in [7, 11) is -5.17. The van der Waals surface area contributed by atoms with Gasteiger partial charge in [-0.1, -0.05) is 103 Å². The molecule has 0 aromatic rings. The quantitative estimate of drug-likeness (QED) is 0.0167. The first-order valence-corrected chi connectivity index (χ1v) is 18.7. The predicted molar refractivity (Wildman–Crippen MR) is 173 cm³/mol. The van der Waals surface area contributed by atoms with E-state index in [0.29, 0.717) is 26.4 Å². The van der Waals surface area contributed by atoms with Crippen LogP contribution in [0, 0.1) is 0 Å². The molecule has 0 bridgehead atoms. The fourth-order valence-corrected chi connectivity index (χ4v) is 4.80. The molecule has 0 spiro atoms. The van der Waals surface area contributed by atoms with E-state index in [4.69, 9.17) is 41.9 Å². The molecule has 280 valence electrons. The third kappa shape index (κ3) is 45.5. The van der Waals surface area contributed by atoms with Crippen molar-refractivity contribution in [1.29, 1.82) is 0 Å². The Morgan fingerprint density at radius 2 is 0.688 bits per heavy atom. The third-order valence-electron chi connectivity index (χ3n) is 7.54. The molecule has 6 N–H and O–H groups in total. The van der Waals surface area contributed by atoms with Gasteiger partial charge in [0.05, 0.1) is 26.4 Å². The smallest absolute Gasteiger partial charge is 0.759 e. The summed E-state index contributed by atoms with van der Waals surface area (Å²) in [6.45, 7) is 0.863. The van der Waals surface area contributed by atoms with Gasteiger partial charge in [0.2, 0.25) is 0 Å². The monoisotopic (exact) mass is 736 g/mol. The Morgan fingerprint density at radius 3 is 0.917 bits per heavy atom. The van der Waals surface area contributed by atoms with Crippen LogP contribution in [0.3, 0.4) is 0 Å². The van der Waals surface area contributed by atoms with Gasteiger partial charge in [0.1, 0.15) is 24.4 Å². The van der Waals surface area contributed by atoms with Crippen LogP contribution in [0.5, 0.6) is 0 Å². The number of unbranched alkanes of at least 4 members (excludes halogenated alkanes) is 18. The number of hydrogen-bond donors (Lipinski definition) is 6. The van der Waals surface area contributed by atoms with E-state index in [1.54, 1.807) is 0 Å². The van der Waals surface area contributed by atoms with Crippen LogP contribution in [-0.4, -0.2) is 125 Å². The van der Waals surface area contributed by atoms with E-state index in [2.05, 4.69) is 0 Å². The normalized spacial score (nSPS) is 13.8. The maximum atomic E-state index is 10.2. The van der Waals surface area contributed by atoms with E-state index in [1.165, 1.54) is 64.2 Å². The summed E-state index contributed by atoms with van der Waals surface area (Å²) < 4.78 is 51.4. The van der Waals surface area contributed by atoms with Gasteiger partial charge in [-0.25, -0.2) is 0 Å². The van der Waals surface area contributed by atoms with E-state index < -0.39 is 48.0 Å². The van der Waals surface area contributed by atoms with Gasteiger partial charge < -0.3 is 54.0 Å². The van der Waals surface area contributed by atoms with Crippen LogP contribution in [0.15, 0.2) is 0 Å². The molecule has 0 aliphatic rings. The molecule has 0 aromatic carbocycles. The molecule has 0 heterocycles. The zero-order chi connectivity index (χ0) is 34.7. The Kier molecular flexibility index (Phi) is 50.3. The van der Waals surface area contributed by atoms with Crippen molar-refractivity contribution in [1.82, 2.24) is 0 Å². The summed E-state index contributed by atoms with van der Waals surface area (Å²) >= 11 is 0. The Bertz CT molecular complexity index is 661. The minimum absolute atomic E-state index is 0. The Balaban J connectivity index is -0.00000128. The molecule has 4 atom stereocenters. The van der Waals surface area contributed by atoms with Crippen molar-refractivity contribution in [3.8, 4) is 0 Å². The first-order valence-electron chi connectivity index (χ1n) is 17.4. The molecule has 0 amide bonds. The van der Waals surface area contributed by atoms with E-state index in [1.807, 2.05) is 0 Å². The zero-order valence-electron chi connectivity index (χ0n) is 30.1. The number of aliphatic hydroxyl groups excluding tert-OH is 6. The fraction of sp³-hybridized carbons (Fsp3) is 1.00. The van der Waals surface area contributed by atoms with Crippen molar-refractivity contribution in [3.63, 3.8) is 0 Å². The van der Waals surface area contributed by atoms with Gasteiger partial charge in [-0.05, 0) is 25.7 Å². The topological polar surface area (TPSA) is 229 Å². The van der Waals surface area contributed by atoms with Gasteiger partial charge in [-0.15, -0.1) is 0 Å². The second-order valence-corrected chi connectivity index (χ2v) is 12.6. The van der Waals surface area contributed by atoms with Gasteiger partial charge in [0, 0.05) is 36.8 Å². The SMILES string of the molecule is O=S(=O)([O-])[O-].OCCCCCCCCCCCCOC[C@H](O[C@@H](COCCCCCCCCCCCCO)[C@H](O)CO)[C@H](O)CO.[Na+].[Na+].